The van der Waals surface area contributed by atoms with Gasteiger partial charge in [-0.05, 0) is 120 Å². The molecule has 0 radical (unpaired) electrons. The Hall–Kier alpha value is -1.36. The van der Waals surface area contributed by atoms with Crippen molar-refractivity contribution in [1.82, 2.24) is 0 Å². The largest absolute Gasteiger partial charge is 0.457 e. The molecule has 3 atom stereocenters. The molecule has 8 aliphatic rings. The highest BCUT2D eigenvalue weighted by atomic mass is 16.6. The first kappa shape index (κ1) is 22.1. The first-order chi connectivity index (χ1) is 15.6. The second-order valence-electron chi connectivity index (χ2n) is 13.2. The van der Waals surface area contributed by atoms with Crippen molar-refractivity contribution in [3.63, 3.8) is 0 Å². The Balaban J connectivity index is 1.15. The van der Waals surface area contributed by atoms with Crippen LogP contribution in [0, 0.1) is 35.5 Å². The Morgan fingerprint density at radius 3 is 1.88 bits per heavy atom. The predicted molar refractivity (Wildman–Crippen MR) is 123 cm³/mol. The van der Waals surface area contributed by atoms with Gasteiger partial charge in [-0.3, -0.25) is 0 Å². The summed E-state index contributed by atoms with van der Waals surface area (Å²) in [6.45, 7) is 9.54. The van der Waals surface area contributed by atoms with Crippen molar-refractivity contribution in [3.05, 3.63) is 12.2 Å². The molecule has 5 nitrogen and oxygen atoms in total. The van der Waals surface area contributed by atoms with E-state index in [0.29, 0.717) is 35.7 Å². The molecule has 0 saturated heterocycles. The maximum absolute atomic E-state index is 13.4. The highest BCUT2D eigenvalue weighted by Crippen LogP contribution is 2.61. The molecular weight excluding hydrogens is 416 g/mol. The normalized spacial score (nSPS) is 49.7. The lowest BCUT2D eigenvalue weighted by Gasteiger charge is -2.61. The lowest BCUT2D eigenvalue weighted by atomic mass is 9.50. The van der Waals surface area contributed by atoms with E-state index >= 15 is 0 Å². The molecule has 8 bridgehead atoms. The third-order valence-electron chi connectivity index (χ3n) is 10.4. The molecule has 182 valence electrons. The summed E-state index contributed by atoms with van der Waals surface area (Å²) in [7, 11) is 0. The van der Waals surface area contributed by atoms with Crippen LogP contribution in [0.2, 0.25) is 0 Å². The quantitative estimate of drug-likeness (QED) is 0.398. The molecule has 0 aliphatic heterocycles. The average Bonchev–Trinajstić information content (AvgIpc) is 2.69. The summed E-state index contributed by atoms with van der Waals surface area (Å²) < 4.78 is 19.0. The number of hydrogen-bond acceptors (Lipinski definition) is 5. The van der Waals surface area contributed by atoms with Crippen LogP contribution in [0.4, 0.5) is 0 Å². The van der Waals surface area contributed by atoms with E-state index in [9.17, 15) is 9.59 Å². The molecule has 33 heavy (non-hydrogen) atoms. The van der Waals surface area contributed by atoms with Gasteiger partial charge in [0.25, 0.3) is 0 Å². The van der Waals surface area contributed by atoms with E-state index in [2.05, 4.69) is 13.5 Å². The summed E-state index contributed by atoms with van der Waals surface area (Å²) in [6, 6.07) is 0. The topological polar surface area (TPSA) is 61.8 Å². The molecule has 5 heteroatoms. The smallest absolute Gasteiger partial charge is 0.335 e. The van der Waals surface area contributed by atoms with Crippen LogP contribution in [-0.2, 0) is 23.8 Å². The van der Waals surface area contributed by atoms with E-state index in [1.807, 2.05) is 6.92 Å². The van der Waals surface area contributed by atoms with Gasteiger partial charge in [0.15, 0.2) is 6.10 Å². The van der Waals surface area contributed by atoms with Crippen LogP contribution in [0.25, 0.3) is 0 Å². The lowest BCUT2D eigenvalue weighted by molar-refractivity contribution is -0.252. The maximum Gasteiger partial charge on any atom is 0.335 e. The van der Waals surface area contributed by atoms with Gasteiger partial charge in [-0.1, -0.05) is 6.58 Å². The third-order valence-corrected chi connectivity index (χ3v) is 10.4. The Morgan fingerprint density at radius 2 is 1.33 bits per heavy atom. The van der Waals surface area contributed by atoms with Crippen LogP contribution in [0.5, 0.6) is 0 Å². The van der Waals surface area contributed by atoms with Crippen molar-refractivity contribution in [2.45, 2.75) is 114 Å². The van der Waals surface area contributed by atoms with Gasteiger partial charge in [-0.15, -0.1) is 0 Å². The van der Waals surface area contributed by atoms with Crippen LogP contribution >= 0.6 is 0 Å². The van der Waals surface area contributed by atoms with E-state index < -0.39 is 11.7 Å². The number of esters is 2. The summed E-state index contributed by atoms with van der Waals surface area (Å²) in [5, 5.41) is 0. The zero-order valence-corrected chi connectivity index (χ0v) is 20.6. The van der Waals surface area contributed by atoms with Crippen LogP contribution < -0.4 is 0 Å². The fourth-order valence-corrected chi connectivity index (χ4v) is 9.65. The van der Waals surface area contributed by atoms with Crippen LogP contribution in [0.15, 0.2) is 12.2 Å². The van der Waals surface area contributed by atoms with E-state index in [1.54, 1.807) is 6.92 Å². The molecule has 8 saturated carbocycles. The highest BCUT2D eigenvalue weighted by molar-refractivity contribution is 5.87. The Labute approximate surface area is 198 Å². The Bertz CT molecular complexity index is 832. The summed E-state index contributed by atoms with van der Waals surface area (Å²) >= 11 is 0. The molecule has 0 N–H and O–H groups in total. The van der Waals surface area contributed by atoms with Gasteiger partial charge < -0.3 is 14.2 Å². The molecule has 8 fully saturated rings. The molecule has 0 aromatic rings. The molecule has 0 heterocycles. The molecular formula is C28H40O5. The molecule has 3 unspecified atom stereocenters. The van der Waals surface area contributed by atoms with E-state index in [-0.39, 0.29) is 23.1 Å². The summed E-state index contributed by atoms with van der Waals surface area (Å²) in [6.07, 6.45) is 11.3. The number of ether oxygens (including phenoxy) is 3. The minimum absolute atomic E-state index is 0.200. The number of carbonyl (C=O) groups excluding carboxylic acids is 2. The molecule has 8 aliphatic carbocycles. The highest BCUT2D eigenvalue weighted by Gasteiger charge is 2.62. The van der Waals surface area contributed by atoms with Crippen molar-refractivity contribution < 1.29 is 23.8 Å². The predicted octanol–water partition coefficient (Wildman–Crippen LogP) is 5.36. The molecule has 0 aromatic heterocycles. The monoisotopic (exact) mass is 456 g/mol. The Morgan fingerprint density at radius 1 is 0.818 bits per heavy atom. The first-order valence-corrected chi connectivity index (χ1v) is 13.4. The zero-order chi connectivity index (χ0) is 23.2. The van der Waals surface area contributed by atoms with Gasteiger partial charge in [0.05, 0.1) is 5.60 Å². The molecule has 0 aromatic carbocycles. The van der Waals surface area contributed by atoms with Crippen molar-refractivity contribution in [3.8, 4) is 0 Å². The van der Waals surface area contributed by atoms with Crippen molar-refractivity contribution in [1.29, 1.82) is 0 Å². The SMILES string of the molecule is C=C(C)C(=O)OC12CC3CC(C1)CC(OC(C)C(=O)OC1(C)C4CC5CC(C4)CC1C5)(C3)C2. The standard InChI is InChI=1S/C28H40O5/c1-16(2)24(29)33-28-13-20-6-21(14-28)12-27(11-20,15-28)31-17(3)25(30)32-26(4)22-7-18-5-19(9-22)10-23(26)8-18/h17-23H,1,5-15H2,2-4H3. The van der Waals surface area contributed by atoms with Gasteiger partial charge in [0.1, 0.15) is 11.2 Å². The van der Waals surface area contributed by atoms with E-state index in [4.69, 9.17) is 14.2 Å². The van der Waals surface area contributed by atoms with E-state index in [0.717, 1.165) is 37.5 Å². The van der Waals surface area contributed by atoms with Crippen LogP contribution in [-0.4, -0.2) is 34.8 Å². The number of rotatable bonds is 6. The summed E-state index contributed by atoms with van der Waals surface area (Å²) in [5.41, 5.74) is -0.733. The molecule has 8 rings (SSSR count). The van der Waals surface area contributed by atoms with Gasteiger partial charge in [-0.2, -0.15) is 0 Å². The second-order valence-corrected chi connectivity index (χ2v) is 13.2. The fourth-order valence-electron chi connectivity index (χ4n) is 9.65. The van der Waals surface area contributed by atoms with Crippen molar-refractivity contribution in [2.24, 2.45) is 35.5 Å². The first-order valence-electron chi connectivity index (χ1n) is 13.4. The zero-order valence-electron chi connectivity index (χ0n) is 20.6. The summed E-state index contributed by atoms with van der Waals surface area (Å²) in [5.74, 6) is 3.20. The van der Waals surface area contributed by atoms with Crippen molar-refractivity contribution in [2.75, 3.05) is 0 Å². The van der Waals surface area contributed by atoms with Gasteiger partial charge in [0.2, 0.25) is 0 Å². The third kappa shape index (κ3) is 3.59. The second kappa shape index (κ2) is 7.32. The Kier molecular flexibility index (Phi) is 4.91. The van der Waals surface area contributed by atoms with Gasteiger partial charge in [-0.25, -0.2) is 9.59 Å². The number of carbonyl (C=O) groups is 2. The number of hydrogen-bond donors (Lipinski definition) is 0. The van der Waals surface area contributed by atoms with E-state index in [1.165, 1.54) is 38.5 Å². The minimum atomic E-state index is -0.593. The van der Waals surface area contributed by atoms with Crippen LogP contribution in [0.3, 0.4) is 0 Å². The molecule has 0 amide bonds. The maximum atomic E-state index is 13.4. The molecule has 0 spiro atoms. The van der Waals surface area contributed by atoms with Gasteiger partial charge >= 0.3 is 11.9 Å². The minimum Gasteiger partial charge on any atom is -0.457 e. The lowest BCUT2D eigenvalue weighted by Crippen LogP contribution is -2.62. The van der Waals surface area contributed by atoms with Crippen LogP contribution in [0.1, 0.15) is 91.4 Å². The van der Waals surface area contributed by atoms with Crippen molar-refractivity contribution >= 4 is 11.9 Å². The fraction of sp³-hybridized carbons (Fsp3) is 0.857. The summed E-state index contributed by atoms with van der Waals surface area (Å²) in [4.78, 5) is 25.8. The van der Waals surface area contributed by atoms with Gasteiger partial charge in [0, 0.05) is 12.0 Å². The average molecular weight is 457 g/mol.